The Bertz CT molecular complexity index is 1200. The molecule has 3 aromatic carbocycles. The van der Waals surface area contributed by atoms with Gasteiger partial charge in [-0.1, -0.05) is 49.4 Å². The van der Waals surface area contributed by atoms with E-state index >= 15 is 0 Å². The SMILES string of the molecule is CC[C@@]1(C(=O)NS(=O)(=O)c2cccc3ccccc23)COc2cccc(OC)c21. The van der Waals surface area contributed by atoms with E-state index in [1.165, 1.54) is 13.2 Å². The first-order chi connectivity index (χ1) is 13.9. The molecule has 1 amide bonds. The van der Waals surface area contributed by atoms with Gasteiger partial charge in [0.05, 0.1) is 17.6 Å². The van der Waals surface area contributed by atoms with Crippen LogP contribution in [-0.2, 0) is 20.2 Å². The lowest BCUT2D eigenvalue weighted by Crippen LogP contribution is -2.47. The maximum Gasteiger partial charge on any atom is 0.264 e. The van der Waals surface area contributed by atoms with Crippen molar-refractivity contribution in [2.75, 3.05) is 13.7 Å². The summed E-state index contributed by atoms with van der Waals surface area (Å²) in [6.45, 7) is 1.88. The Morgan fingerprint density at radius 3 is 2.59 bits per heavy atom. The van der Waals surface area contributed by atoms with Gasteiger partial charge in [0, 0.05) is 5.39 Å². The summed E-state index contributed by atoms with van der Waals surface area (Å²) in [5.74, 6) is 0.402. The Labute approximate surface area is 169 Å². The molecule has 0 aliphatic carbocycles. The van der Waals surface area contributed by atoms with E-state index in [0.29, 0.717) is 28.9 Å². The van der Waals surface area contributed by atoms with Crippen molar-refractivity contribution in [1.29, 1.82) is 0 Å². The van der Waals surface area contributed by atoms with Crippen molar-refractivity contribution in [3.63, 3.8) is 0 Å². The molecule has 1 aliphatic heterocycles. The Kier molecular flexibility index (Phi) is 4.70. The highest BCUT2D eigenvalue weighted by Crippen LogP contribution is 2.46. The zero-order valence-corrected chi connectivity index (χ0v) is 17.0. The van der Waals surface area contributed by atoms with Crippen molar-refractivity contribution in [3.05, 3.63) is 66.2 Å². The molecule has 1 atom stereocenters. The molecule has 0 bridgehead atoms. The van der Waals surface area contributed by atoms with Crippen molar-refractivity contribution in [1.82, 2.24) is 4.72 Å². The van der Waals surface area contributed by atoms with E-state index in [2.05, 4.69) is 4.72 Å². The van der Waals surface area contributed by atoms with Gasteiger partial charge in [0.2, 0.25) is 5.91 Å². The number of hydrogen-bond acceptors (Lipinski definition) is 5. The van der Waals surface area contributed by atoms with Crippen LogP contribution in [0.1, 0.15) is 18.9 Å². The van der Waals surface area contributed by atoms with Crippen molar-refractivity contribution < 1.29 is 22.7 Å². The predicted molar refractivity (Wildman–Crippen MR) is 110 cm³/mol. The fourth-order valence-corrected chi connectivity index (χ4v) is 5.15. The van der Waals surface area contributed by atoms with Crippen LogP contribution in [0.25, 0.3) is 10.8 Å². The lowest BCUT2D eigenvalue weighted by Gasteiger charge is -2.26. The normalized spacial score (nSPS) is 18.1. The number of benzene rings is 3. The van der Waals surface area contributed by atoms with Gasteiger partial charge in [-0.15, -0.1) is 0 Å². The van der Waals surface area contributed by atoms with Crippen LogP contribution in [-0.4, -0.2) is 28.0 Å². The molecule has 0 radical (unpaired) electrons. The third-order valence-corrected chi connectivity index (χ3v) is 6.85. The molecule has 0 fully saturated rings. The zero-order chi connectivity index (χ0) is 20.6. The largest absolute Gasteiger partial charge is 0.496 e. The second-order valence-electron chi connectivity index (χ2n) is 6.97. The smallest absolute Gasteiger partial charge is 0.264 e. The Morgan fingerprint density at radius 1 is 1.10 bits per heavy atom. The summed E-state index contributed by atoms with van der Waals surface area (Å²) >= 11 is 0. The summed E-state index contributed by atoms with van der Waals surface area (Å²) in [5.41, 5.74) is -0.574. The van der Waals surface area contributed by atoms with Crippen LogP contribution < -0.4 is 14.2 Å². The van der Waals surface area contributed by atoms with Crippen LogP contribution in [0, 0.1) is 0 Å². The molecule has 0 unspecified atom stereocenters. The van der Waals surface area contributed by atoms with Gasteiger partial charge in [-0.05, 0) is 30.0 Å². The van der Waals surface area contributed by atoms with Crippen LogP contribution >= 0.6 is 0 Å². The first kappa shape index (κ1) is 19.3. The Balaban J connectivity index is 1.76. The van der Waals surface area contributed by atoms with Gasteiger partial charge in [0.25, 0.3) is 10.0 Å². The molecule has 0 saturated heterocycles. The Morgan fingerprint density at radius 2 is 1.83 bits per heavy atom. The monoisotopic (exact) mass is 411 g/mol. The predicted octanol–water partition coefficient (Wildman–Crippen LogP) is 3.39. The van der Waals surface area contributed by atoms with Crippen molar-refractivity contribution in [2.24, 2.45) is 0 Å². The number of sulfonamides is 1. The molecule has 1 heterocycles. The lowest BCUT2D eigenvalue weighted by atomic mass is 9.79. The number of fused-ring (bicyclic) bond motifs is 2. The van der Waals surface area contributed by atoms with E-state index in [9.17, 15) is 13.2 Å². The van der Waals surface area contributed by atoms with Gasteiger partial charge in [-0.2, -0.15) is 0 Å². The van der Waals surface area contributed by atoms with Crippen LogP contribution in [0.5, 0.6) is 11.5 Å². The minimum atomic E-state index is -4.09. The van der Waals surface area contributed by atoms with Gasteiger partial charge in [-0.25, -0.2) is 13.1 Å². The standard InChI is InChI=1S/C22H21NO5S/c1-3-22(14-28-18-12-7-11-17(27-2)20(18)22)21(24)23-29(25,26)19-13-6-9-15-8-4-5-10-16(15)19/h4-13H,3,14H2,1-2H3,(H,23,24)/t22-/m1/s1. The van der Waals surface area contributed by atoms with Gasteiger partial charge in [0.15, 0.2) is 0 Å². The minimum Gasteiger partial charge on any atom is -0.496 e. The zero-order valence-electron chi connectivity index (χ0n) is 16.1. The van der Waals surface area contributed by atoms with Gasteiger partial charge in [-0.3, -0.25) is 4.79 Å². The van der Waals surface area contributed by atoms with E-state index in [0.717, 1.165) is 5.39 Å². The first-order valence-electron chi connectivity index (χ1n) is 9.28. The molecule has 7 heteroatoms. The molecule has 4 rings (SSSR count). The summed E-state index contributed by atoms with van der Waals surface area (Å²) in [6, 6.07) is 17.4. The molecule has 150 valence electrons. The Hall–Kier alpha value is -3.06. The molecule has 1 N–H and O–H groups in total. The summed E-state index contributed by atoms with van der Waals surface area (Å²) < 4.78 is 39.7. The number of methoxy groups -OCH3 is 1. The molecule has 6 nitrogen and oxygen atoms in total. The van der Waals surface area contributed by atoms with Crippen LogP contribution in [0.3, 0.4) is 0 Å². The number of nitrogens with one attached hydrogen (secondary N) is 1. The van der Waals surface area contributed by atoms with E-state index in [1.54, 1.807) is 36.4 Å². The lowest BCUT2D eigenvalue weighted by molar-refractivity contribution is -0.125. The fraction of sp³-hybridized carbons (Fsp3) is 0.227. The van der Waals surface area contributed by atoms with Gasteiger partial charge >= 0.3 is 0 Å². The van der Waals surface area contributed by atoms with Crippen LogP contribution in [0.2, 0.25) is 0 Å². The highest BCUT2D eigenvalue weighted by molar-refractivity contribution is 7.90. The van der Waals surface area contributed by atoms with Crippen LogP contribution in [0.4, 0.5) is 0 Å². The maximum atomic E-state index is 13.3. The second-order valence-corrected chi connectivity index (χ2v) is 8.62. The number of carbonyl (C=O) groups excluding carboxylic acids is 1. The minimum absolute atomic E-state index is 0.0517. The van der Waals surface area contributed by atoms with Crippen molar-refractivity contribution in [3.8, 4) is 11.5 Å². The molecular formula is C22H21NO5S. The summed E-state index contributed by atoms with van der Waals surface area (Å²) in [6.07, 6.45) is 0.358. The third-order valence-electron chi connectivity index (χ3n) is 5.46. The van der Waals surface area contributed by atoms with Crippen LogP contribution in [0.15, 0.2) is 65.6 Å². The molecule has 0 saturated carbocycles. The number of hydrogen-bond donors (Lipinski definition) is 1. The molecule has 0 aromatic heterocycles. The third kappa shape index (κ3) is 3.02. The van der Waals surface area contributed by atoms with Gasteiger partial charge in [0.1, 0.15) is 23.5 Å². The number of ether oxygens (including phenoxy) is 2. The summed E-state index contributed by atoms with van der Waals surface area (Å²) in [5, 5.41) is 1.34. The summed E-state index contributed by atoms with van der Waals surface area (Å²) in [7, 11) is -2.58. The van der Waals surface area contributed by atoms with E-state index in [-0.39, 0.29) is 11.5 Å². The number of rotatable bonds is 5. The van der Waals surface area contributed by atoms with Crippen molar-refractivity contribution >= 4 is 26.7 Å². The molecule has 29 heavy (non-hydrogen) atoms. The fourth-order valence-electron chi connectivity index (χ4n) is 3.87. The molecule has 0 spiro atoms. The van der Waals surface area contributed by atoms with Crippen molar-refractivity contribution in [2.45, 2.75) is 23.7 Å². The topological polar surface area (TPSA) is 81.7 Å². The second kappa shape index (κ2) is 7.08. The average molecular weight is 411 g/mol. The van der Waals surface area contributed by atoms with Gasteiger partial charge < -0.3 is 9.47 Å². The molecular weight excluding hydrogens is 390 g/mol. The number of amides is 1. The van der Waals surface area contributed by atoms with E-state index < -0.39 is 21.3 Å². The molecule has 1 aliphatic rings. The highest BCUT2D eigenvalue weighted by atomic mass is 32.2. The average Bonchev–Trinajstić information content (AvgIpc) is 3.13. The van der Waals surface area contributed by atoms with E-state index in [4.69, 9.17) is 9.47 Å². The first-order valence-corrected chi connectivity index (χ1v) is 10.8. The van der Waals surface area contributed by atoms with E-state index in [1.807, 2.05) is 25.1 Å². The number of carbonyl (C=O) groups is 1. The molecule has 3 aromatic rings. The maximum absolute atomic E-state index is 13.3. The quantitative estimate of drug-likeness (QED) is 0.696. The highest BCUT2D eigenvalue weighted by Gasteiger charge is 2.49. The summed E-state index contributed by atoms with van der Waals surface area (Å²) in [4.78, 5) is 13.4.